The minimum atomic E-state index is -4.63. The normalized spacial score (nSPS) is 11.7. The number of halogens is 17. The van der Waals surface area contributed by atoms with E-state index < -0.39 is 104 Å². The van der Waals surface area contributed by atoms with Crippen molar-refractivity contribution in [1.82, 2.24) is 79.0 Å². The van der Waals surface area contributed by atoms with Crippen molar-refractivity contribution in [3.05, 3.63) is 406 Å². The Morgan fingerprint density at radius 3 is 1.10 bits per heavy atom. The topological polar surface area (TPSA) is 183 Å². The monoisotopic (exact) mass is 2590 g/mol. The molecule has 0 atom stereocenters. The van der Waals surface area contributed by atoms with Crippen LogP contribution in [-0.4, -0.2) is 79.0 Å². The number of nitrogens with zero attached hydrogens (tertiary/aromatic N) is 18. The molecule has 0 fully saturated rings. The maximum atomic E-state index is 14.7. The van der Waals surface area contributed by atoms with Crippen molar-refractivity contribution in [2.24, 2.45) is 0 Å². The van der Waals surface area contributed by atoms with E-state index in [1.54, 1.807) is 113 Å². The van der Waals surface area contributed by atoms with Crippen LogP contribution in [-0.2, 0) is 131 Å². The van der Waals surface area contributed by atoms with E-state index in [4.69, 9.17) is 23.1 Å². The van der Waals surface area contributed by atoms with Crippen LogP contribution in [0, 0.1) is 91.3 Å². The van der Waals surface area contributed by atoms with Gasteiger partial charge in [-0.25, -0.2) is 4.39 Å². The van der Waals surface area contributed by atoms with E-state index in [2.05, 4.69) is 109 Å². The van der Waals surface area contributed by atoms with Gasteiger partial charge in [-0.2, -0.15) is 58.8 Å². The van der Waals surface area contributed by atoms with E-state index in [0.717, 1.165) is 88.9 Å². The van der Waals surface area contributed by atoms with E-state index in [9.17, 15) is 74.6 Å². The number of fused-ring (bicyclic) bond motifs is 1. The van der Waals surface area contributed by atoms with E-state index in [0.29, 0.717) is 63.2 Å². The zero-order valence-corrected chi connectivity index (χ0v) is 80.8. The van der Waals surface area contributed by atoms with Gasteiger partial charge in [-0.05, 0) is 144 Å². The van der Waals surface area contributed by atoms with Crippen LogP contribution in [0.5, 0.6) is 0 Å². The number of hydrogen-bond donors (Lipinski definition) is 0. The second-order valence-electron chi connectivity index (χ2n) is 31.4. The molecule has 39 heteroatoms. The molecule has 0 bridgehead atoms. The van der Waals surface area contributed by atoms with Crippen LogP contribution in [0.1, 0.15) is 124 Å². The van der Waals surface area contributed by atoms with Gasteiger partial charge in [0.1, 0.15) is 11.5 Å². The molecule has 17 rings (SSSR count). The summed E-state index contributed by atoms with van der Waals surface area (Å²) in [6.45, 7) is 28.9. The predicted octanol–water partition coefficient (Wildman–Crippen LogP) is 24.0. The Kier molecular flexibility index (Phi) is 33.0. The number of pyridine rings is 8. The summed E-state index contributed by atoms with van der Waals surface area (Å²) in [6, 6.07) is 71.6. The van der Waals surface area contributed by atoms with E-state index >= 15 is 0 Å². The van der Waals surface area contributed by atoms with Crippen molar-refractivity contribution in [3.63, 3.8) is 0 Å². The molecule has 0 radical (unpaired) electrons. The van der Waals surface area contributed by atoms with Crippen molar-refractivity contribution < 1.29 is 159 Å². The summed E-state index contributed by atoms with van der Waals surface area (Å²) in [7, 11) is 0. The van der Waals surface area contributed by atoms with Crippen molar-refractivity contribution in [2.45, 2.75) is 102 Å². The standard InChI is InChI=1S/C27H19F3N4.C24H14F5N5.C24H16F3N5.C23H14F6N4.4Pt/c1-26(2,21-13-8-14-24(31-21)34-16-15-22(33-34)27(28,29)30)23-17-19-11-6-7-12-20(19)25(32-23)18-9-4-3-5-10-18;1-23(2,18-8-5-9-20(32-18)34-13-12-19(33-34)24(27,28)29)17-7-4-6-16(31-17)14-10-11-15(25)22(30-3)21(14)26;1-23(2,19-10-5-9-18(29-19)16-7-4-8-17(15-16)28-3)20-11-6-12-22(30-20)32-14-13-21(31-32)24(25,26)27;1-22(2,18-4-3-5-21(31-18)33-9-8-19(32-33)23(27,28)29)20-12-14(25)11-17(30-20)15-7-6-13(24)10-16(15)26;;;;/h3-9,11-15,17H,1-2H3;4-9,11-12H,1-2H3;4-6,8-13,15H,1-2H3;3-6,8,10-12H,1-2H3;;;;/q4*-2;4*+2. The molecule has 0 aliphatic carbocycles. The summed E-state index contributed by atoms with van der Waals surface area (Å²) in [5.74, 6) is -3.93. The van der Waals surface area contributed by atoms with Crippen molar-refractivity contribution in [2.75, 3.05) is 0 Å². The van der Waals surface area contributed by atoms with Gasteiger partial charge in [0.2, 0.25) is 0 Å². The minimum absolute atomic E-state index is 0. The molecular weight excluding hydrogens is 2530 g/mol. The van der Waals surface area contributed by atoms with E-state index in [1.165, 1.54) is 18.2 Å². The number of aromatic nitrogens is 16. The summed E-state index contributed by atoms with van der Waals surface area (Å²) in [5, 5.41) is 16.1. The van der Waals surface area contributed by atoms with Gasteiger partial charge in [0.05, 0.1) is 59.2 Å². The Balaban J connectivity index is 0.000000187. The Labute approximate surface area is 829 Å². The Morgan fingerprint density at radius 1 is 0.299 bits per heavy atom. The Hall–Kier alpha value is -13.1. The quantitative estimate of drug-likeness (QED) is 0.0660. The summed E-state index contributed by atoms with van der Waals surface area (Å²) in [4.78, 5) is 42.8. The molecule has 17 aromatic rings. The number of benzene rings is 5. The first kappa shape index (κ1) is 106. The average molecular weight is 2600 g/mol. The van der Waals surface area contributed by atoms with Crippen molar-refractivity contribution in [3.8, 4) is 68.3 Å². The SMILES string of the molecule is CC(C)(c1cc(F)cc(-c2[c-]cc(F)cc2F)n1)c1cccc(-n2[c-]cc(C(F)(F)F)n2)n1.CC(C)(c1cccc(-n2[c-]cc(C(F)(F)F)n2)n1)c1cc2ccccc2c(-c2[c-]cccc2)n1.[C-]#[N+]c1c(F)c[c-]c(-c2cccc(C(C)(C)c3cccc(-n4[c-]cc(C(F)(F)F)n4)n3)n2)c1F.[C-]#[N+]c1cc[c-]c(-c2cccc(C(C)(C)c3cccc(-n4[c-]cc(C(F)(F)F)n4)n3)n2)c1.[Pt+2].[Pt+2].[Pt+2].[Pt+2]. The summed E-state index contributed by atoms with van der Waals surface area (Å²) in [5.41, 5.74) is -0.859. The van der Waals surface area contributed by atoms with Crippen LogP contribution < -0.4 is 0 Å². The first-order valence-corrected chi connectivity index (χ1v) is 39.5. The Morgan fingerprint density at radius 2 is 0.686 bits per heavy atom. The largest absolute Gasteiger partial charge is 2.00 e. The molecule has 0 saturated heterocycles. The van der Waals surface area contributed by atoms with Gasteiger partial charge < -0.3 is 33.7 Å². The molecule has 5 aromatic carbocycles. The Bertz CT molecular complexity index is 7260. The first-order chi connectivity index (χ1) is 62.9. The third kappa shape index (κ3) is 24.0. The van der Waals surface area contributed by atoms with Crippen LogP contribution in [0.15, 0.2) is 237 Å². The maximum absolute atomic E-state index is 14.7. The zero-order valence-electron chi connectivity index (χ0n) is 71.8. The number of rotatable bonds is 16. The molecule has 0 spiro atoms. The van der Waals surface area contributed by atoms with E-state index in [1.807, 2.05) is 107 Å². The maximum Gasteiger partial charge on any atom is 2.00 e. The van der Waals surface area contributed by atoms with Crippen molar-refractivity contribution >= 4 is 22.1 Å². The molecular formula is C98H63F17N18Pt4. The smallest absolute Gasteiger partial charge is 0.343 e. The average Bonchev–Trinajstić information content (AvgIpc) is 1.55. The fraction of sp³-hybridized carbons (Fsp3) is 0.163. The molecule has 12 aromatic heterocycles. The van der Waals surface area contributed by atoms with Crippen LogP contribution in [0.2, 0.25) is 0 Å². The van der Waals surface area contributed by atoms with Gasteiger partial charge in [-0.1, -0.05) is 133 Å². The molecule has 0 aliphatic rings. The summed E-state index contributed by atoms with van der Waals surface area (Å²) >= 11 is 0. The molecule has 137 heavy (non-hydrogen) atoms. The second kappa shape index (κ2) is 42.7. The number of hydrogen-bond acceptors (Lipinski definition) is 12. The minimum Gasteiger partial charge on any atom is -0.343 e. The van der Waals surface area contributed by atoms with Crippen LogP contribution in [0.4, 0.5) is 86.0 Å². The molecule has 12 heterocycles. The van der Waals surface area contributed by atoms with E-state index in [-0.39, 0.29) is 136 Å². The molecule has 0 unspecified atom stereocenters. The fourth-order valence-electron chi connectivity index (χ4n) is 13.4. The summed E-state index contributed by atoms with van der Waals surface area (Å²) in [6.07, 6.45) is -8.59. The predicted molar refractivity (Wildman–Crippen MR) is 453 cm³/mol. The zero-order chi connectivity index (χ0) is 95.5. The molecule has 0 amide bonds. The van der Waals surface area contributed by atoms with Gasteiger partial charge in [-0.3, -0.25) is 72.6 Å². The molecule has 0 N–H and O–H groups in total. The van der Waals surface area contributed by atoms with Crippen molar-refractivity contribution in [1.29, 1.82) is 0 Å². The second-order valence-corrected chi connectivity index (χ2v) is 31.4. The molecule has 704 valence electrons. The van der Waals surface area contributed by atoms with Gasteiger partial charge >= 0.3 is 109 Å². The van der Waals surface area contributed by atoms with Gasteiger partial charge in [0.25, 0.3) is 0 Å². The van der Waals surface area contributed by atoms with Crippen LogP contribution in [0.3, 0.4) is 0 Å². The molecule has 18 nitrogen and oxygen atoms in total. The third-order valence-electron chi connectivity index (χ3n) is 20.9. The fourth-order valence-corrected chi connectivity index (χ4v) is 13.4. The number of alkyl halides is 12. The summed E-state index contributed by atoms with van der Waals surface area (Å²) < 4.78 is 229. The van der Waals surface area contributed by atoms with Crippen LogP contribution in [0.25, 0.3) is 88.8 Å². The first-order valence-electron chi connectivity index (χ1n) is 39.5. The van der Waals surface area contributed by atoms with Gasteiger partial charge in [-0.15, -0.1) is 114 Å². The third-order valence-corrected chi connectivity index (χ3v) is 20.9. The van der Waals surface area contributed by atoms with Crippen LogP contribution >= 0.6 is 0 Å². The van der Waals surface area contributed by atoms with Gasteiger partial charge in [0, 0.05) is 90.5 Å². The van der Waals surface area contributed by atoms with Gasteiger partial charge in [0.15, 0.2) is 5.69 Å². The molecule has 0 saturated carbocycles. The molecule has 0 aliphatic heterocycles.